The van der Waals surface area contributed by atoms with Gasteiger partial charge in [0.15, 0.2) is 6.10 Å². The molecule has 0 fully saturated rings. The number of alkyl halides is 6. The third kappa shape index (κ3) is 8.21. The number of halogens is 6. The van der Waals surface area contributed by atoms with E-state index in [1.165, 1.54) is 63.3 Å². The summed E-state index contributed by atoms with van der Waals surface area (Å²) in [5, 5.41) is 9.18. The van der Waals surface area contributed by atoms with Crippen LogP contribution in [-0.4, -0.2) is 56.9 Å². The van der Waals surface area contributed by atoms with Crippen LogP contribution in [0.25, 0.3) is 21.8 Å². The molecule has 16 heteroatoms. The molecule has 5 aromatic rings. The Hall–Kier alpha value is -4.83. The molecule has 9 nitrogen and oxygen atoms in total. The summed E-state index contributed by atoms with van der Waals surface area (Å²) in [4.78, 5) is 15.6. The van der Waals surface area contributed by atoms with Crippen molar-refractivity contribution in [2.45, 2.75) is 24.6 Å². The van der Waals surface area contributed by atoms with E-state index >= 15 is 0 Å². The smallest absolute Gasteiger partial charge is 0.429 e. The van der Waals surface area contributed by atoms with E-state index in [0.29, 0.717) is 21.8 Å². The lowest BCUT2D eigenvalue weighted by molar-refractivity contribution is -0.206. The van der Waals surface area contributed by atoms with Gasteiger partial charge < -0.3 is 24.1 Å². The molecule has 0 bridgehead atoms. The zero-order valence-corrected chi connectivity index (χ0v) is 24.0. The van der Waals surface area contributed by atoms with Crippen LogP contribution in [0.2, 0.25) is 0 Å². The molecule has 0 aliphatic carbocycles. The van der Waals surface area contributed by atoms with E-state index in [0.717, 1.165) is 0 Å². The molecular formula is C29H22F6N4O5S. The molecule has 3 aromatic carbocycles. The number of aliphatic hydroxyl groups excluding tert-OH is 1. The van der Waals surface area contributed by atoms with Gasteiger partial charge in [-0.1, -0.05) is 30.3 Å². The Bertz CT molecular complexity index is 1780. The Labute approximate surface area is 256 Å². The van der Waals surface area contributed by atoms with Crippen molar-refractivity contribution < 1.29 is 50.4 Å². The first-order chi connectivity index (χ1) is 21.3. The van der Waals surface area contributed by atoms with Crippen LogP contribution in [0.1, 0.15) is 23.3 Å². The summed E-state index contributed by atoms with van der Waals surface area (Å²) in [5.74, 6) is 0.596. The van der Waals surface area contributed by atoms with Crippen LogP contribution < -0.4 is 14.2 Å². The van der Waals surface area contributed by atoms with Crippen molar-refractivity contribution in [3.63, 3.8) is 0 Å². The van der Waals surface area contributed by atoms with E-state index in [2.05, 4.69) is 19.9 Å². The topological polar surface area (TPSA) is 109 Å². The number of fused-ring (bicyclic) bond motifs is 2. The fraction of sp³-hybridized carbons (Fsp3) is 0.207. The van der Waals surface area contributed by atoms with Crippen LogP contribution in [0.5, 0.6) is 17.5 Å². The zero-order valence-electron chi connectivity index (χ0n) is 23.2. The lowest BCUT2D eigenvalue weighted by Crippen LogP contribution is -2.27. The summed E-state index contributed by atoms with van der Waals surface area (Å²) in [5.41, 5.74) is 0.430. The maximum Gasteiger partial charge on any atom is 0.429 e. The number of ether oxygens (including phenoxy) is 4. The normalized spacial score (nSPS) is 12.9. The third-order valence-corrected chi connectivity index (χ3v) is 6.20. The van der Waals surface area contributed by atoms with Gasteiger partial charge in [-0.2, -0.15) is 26.3 Å². The van der Waals surface area contributed by atoms with Crippen LogP contribution in [0, 0.1) is 0 Å². The van der Waals surface area contributed by atoms with Crippen molar-refractivity contribution in [1.29, 1.82) is 0 Å². The number of hydrogen-bond donors (Lipinski definition) is 1. The highest BCUT2D eigenvalue weighted by molar-refractivity contribution is 7.79. The van der Waals surface area contributed by atoms with Gasteiger partial charge in [0.1, 0.15) is 18.4 Å². The van der Waals surface area contributed by atoms with Crippen molar-refractivity contribution in [3.05, 3.63) is 90.5 Å². The molecule has 2 aromatic heterocycles. The molecule has 0 amide bonds. The molecule has 1 N–H and O–H groups in total. The van der Waals surface area contributed by atoms with Crippen molar-refractivity contribution in [3.8, 4) is 17.5 Å². The summed E-state index contributed by atoms with van der Waals surface area (Å²) in [6, 6.07) is 15.8. The first kappa shape index (κ1) is 33.1. The van der Waals surface area contributed by atoms with Crippen LogP contribution in [0.3, 0.4) is 0 Å². The quantitative estimate of drug-likeness (QED) is 0.154. The number of aromatic nitrogens is 4. The Kier molecular flexibility index (Phi) is 10.2. The average molecular weight is 653 g/mol. The molecular weight excluding hydrogens is 630 g/mol. The predicted octanol–water partition coefficient (Wildman–Crippen LogP) is 6.86. The number of methoxy groups -OCH3 is 2. The Morgan fingerprint density at radius 3 is 1.71 bits per heavy atom. The van der Waals surface area contributed by atoms with Gasteiger partial charge in [-0.15, -0.1) is 0 Å². The molecule has 2 atom stereocenters. The van der Waals surface area contributed by atoms with Crippen LogP contribution in [-0.2, 0) is 4.74 Å². The van der Waals surface area contributed by atoms with Gasteiger partial charge in [0, 0.05) is 17.8 Å². The van der Waals surface area contributed by atoms with Gasteiger partial charge in [-0.3, -0.25) is 0 Å². The Balaban J connectivity index is 0.000000222. The minimum atomic E-state index is -4.72. The highest BCUT2D eigenvalue weighted by Crippen LogP contribution is 2.38. The van der Waals surface area contributed by atoms with Crippen molar-refractivity contribution in [1.82, 2.24) is 19.9 Å². The number of rotatable bonds is 6. The third-order valence-electron chi connectivity index (χ3n) is 6.02. The summed E-state index contributed by atoms with van der Waals surface area (Å²) < 4.78 is 98.1. The van der Waals surface area contributed by atoms with E-state index in [1.54, 1.807) is 30.3 Å². The number of thiocarbonyl (C=S) groups is 1. The number of para-hydroxylation sites is 1. The summed E-state index contributed by atoms with van der Waals surface area (Å²) in [6.45, 7) is 0. The van der Waals surface area contributed by atoms with Crippen LogP contribution in [0.15, 0.2) is 79.4 Å². The zero-order chi connectivity index (χ0) is 32.8. The molecule has 0 saturated heterocycles. The second kappa shape index (κ2) is 13.9. The van der Waals surface area contributed by atoms with Crippen molar-refractivity contribution in [2.24, 2.45) is 0 Å². The summed E-state index contributed by atoms with van der Waals surface area (Å²) >= 11 is 4.83. The van der Waals surface area contributed by atoms with E-state index in [-0.39, 0.29) is 28.6 Å². The molecule has 236 valence electrons. The number of nitrogens with zero attached hydrogens (tertiary/aromatic N) is 4. The van der Waals surface area contributed by atoms with E-state index in [1.807, 2.05) is 0 Å². The van der Waals surface area contributed by atoms with Crippen molar-refractivity contribution >= 4 is 39.3 Å². The van der Waals surface area contributed by atoms with Gasteiger partial charge in [0.05, 0.1) is 36.0 Å². The molecule has 0 radical (unpaired) electrons. The fourth-order valence-electron chi connectivity index (χ4n) is 3.98. The van der Waals surface area contributed by atoms with Gasteiger partial charge in [-0.05, 0) is 42.0 Å². The molecule has 0 aliphatic heterocycles. The van der Waals surface area contributed by atoms with Gasteiger partial charge in [0.2, 0.25) is 17.9 Å². The molecule has 5 rings (SSSR count). The number of hydrogen-bond acceptors (Lipinski definition) is 10. The highest BCUT2D eigenvalue weighted by atomic mass is 32.1. The first-order valence-corrected chi connectivity index (χ1v) is 13.0. The van der Waals surface area contributed by atoms with Crippen LogP contribution >= 0.6 is 12.2 Å². The lowest BCUT2D eigenvalue weighted by Gasteiger charge is -2.22. The molecule has 0 aliphatic rings. The van der Waals surface area contributed by atoms with Gasteiger partial charge in [0.25, 0.3) is 0 Å². The minimum absolute atomic E-state index is 0.158. The second-order valence-electron chi connectivity index (χ2n) is 8.97. The van der Waals surface area contributed by atoms with Gasteiger partial charge >= 0.3 is 17.6 Å². The maximum absolute atomic E-state index is 13.6. The van der Waals surface area contributed by atoms with Gasteiger partial charge in [-0.25, -0.2) is 19.9 Å². The Morgan fingerprint density at radius 1 is 0.711 bits per heavy atom. The molecule has 2 unspecified atom stereocenters. The Morgan fingerprint density at radius 2 is 1.22 bits per heavy atom. The lowest BCUT2D eigenvalue weighted by atomic mass is 10.1. The number of benzene rings is 3. The first-order valence-electron chi connectivity index (χ1n) is 12.6. The summed E-state index contributed by atoms with van der Waals surface area (Å²) in [7, 11) is 2.73. The molecule has 2 heterocycles. The highest BCUT2D eigenvalue weighted by Gasteiger charge is 2.44. The number of aliphatic hydroxyl groups is 1. The van der Waals surface area contributed by atoms with E-state index in [9.17, 15) is 31.4 Å². The maximum atomic E-state index is 13.6. The fourth-order valence-corrected chi connectivity index (χ4v) is 4.17. The van der Waals surface area contributed by atoms with Crippen LogP contribution in [0.4, 0.5) is 26.3 Å². The molecule has 0 spiro atoms. The minimum Gasteiger partial charge on any atom is -0.480 e. The standard InChI is InChI=1S/C18H13F3N2O3S.C11H9F3N2O2/c1-24-16-13-9-11(7-8-14(13)22-10-23-16)15(18(19,20)21)26-17(27)25-12-5-3-2-4-6-12;1-18-10-7-4-6(9(17)11(12,13)14)2-3-8(7)15-5-16-10/h2-10,15H,1H3;2-5,9,17H,1H3. The average Bonchev–Trinajstić information content (AvgIpc) is 3.02. The van der Waals surface area contributed by atoms with Crippen molar-refractivity contribution in [2.75, 3.05) is 14.2 Å². The SMILES string of the molecule is COc1ncnc2ccc(C(O)C(F)(F)F)cc12.COc1ncnc2ccc(C(OC(=S)Oc3ccccc3)C(F)(F)F)cc12. The summed E-state index contributed by atoms with van der Waals surface area (Å²) in [6.07, 6.45) is -11.8. The predicted molar refractivity (Wildman–Crippen MR) is 153 cm³/mol. The largest absolute Gasteiger partial charge is 0.480 e. The second-order valence-corrected chi connectivity index (χ2v) is 9.30. The molecule has 0 saturated carbocycles. The van der Waals surface area contributed by atoms with E-state index in [4.69, 9.17) is 31.2 Å². The monoisotopic (exact) mass is 652 g/mol. The molecule has 45 heavy (non-hydrogen) atoms. The van der Waals surface area contributed by atoms with E-state index < -0.39 is 29.8 Å².